The summed E-state index contributed by atoms with van der Waals surface area (Å²) in [6.07, 6.45) is 0. The van der Waals surface area contributed by atoms with Gasteiger partial charge in [0, 0.05) is 17.3 Å². The number of halogens is 1. The summed E-state index contributed by atoms with van der Waals surface area (Å²) in [6, 6.07) is 15.5. The molecule has 0 heterocycles. The van der Waals surface area contributed by atoms with Crippen molar-refractivity contribution < 1.29 is 5.11 Å². The minimum atomic E-state index is 0.0882. The van der Waals surface area contributed by atoms with E-state index >= 15 is 0 Å². The maximum absolute atomic E-state index is 8.93. The first-order valence-electron chi connectivity index (χ1n) is 5.46. The van der Waals surface area contributed by atoms with Crippen molar-refractivity contribution in [2.45, 2.75) is 13.2 Å². The van der Waals surface area contributed by atoms with Crippen molar-refractivity contribution in [1.82, 2.24) is 0 Å². The Morgan fingerprint density at radius 1 is 0.882 bits per heavy atom. The molecular weight excluding hydrogens is 234 g/mol. The Balaban J connectivity index is 1.95. The largest absolute Gasteiger partial charge is 0.392 e. The van der Waals surface area contributed by atoms with E-state index in [4.69, 9.17) is 16.7 Å². The maximum Gasteiger partial charge on any atom is 0.0681 e. The number of hydrogen-bond donors (Lipinski definition) is 2. The quantitative estimate of drug-likeness (QED) is 0.868. The van der Waals surface area contributed by atoms with Gasteiger partial charge < -0.3 is 10.4 Å². The van der Waals surface area contributed by atoms with Gasteiger partial charge >= 0.3 is 0 Å². The molecule has 88 valence electrons. The molecule has 0 unspecified atom stereocenters. The van der Waals surface area contributed by atoms with E-state index in [1.54, 1.807) is 0 Å². The lowest BCUT2D eigenvalue weighted by Gasteiger charge is -2.07. The van der Waals surface area contributed by atoms with Gasteiger partial charge in [-0.15, -0.1) is 0 Å². The fourth-order valence-corrected chi connectivity index (χ4v) is 1.66. The van der Waals surface area contributed by atoms with Gasteiger partial charge in [-0.1, -0.05) is 35.9 Å². The second-order valence-electron chi connectivity index (χ2n) is 3.84. The SMILES string of the molecule is OCc1ccc(CNc2ccc(Cl)cc2)cc1. The number of rotatable bonds is 4. The van der Waals surface area contributed by atoms with Gasteiger partial charge in [-0.25, -0.2) is 0 Å². The lowest BCUT2D eigenvalue weighted by Crippen LogP contribution is -1.99. The van der Waals surface area contributed by atoms with Crippen LogP contribution in [0, 0.1) is 0 Å². The third-order valence-electron chi connectivity index (χ3n) is 2.55. The molecule has 2 nitrogen and oxygen atoms in total. The molecule has 0 saturated heterocycles. The lowest BCUT2D eigenvalue weighted by atomic mass is 10.1. The third kappa shape index (κ3) is 3.48. The van der Waals surface area contributed by atoms with Crippen LogP contribution in [0.15, 0.2) is 48.5 Å². The summed E-state index contributed by atoms with van der Waals surface area (Å²) in [5.74, 6) is 0. The fraction of sp³-hybridized carbons (Fsp3) is 0.143. The number of nitrogens with one attached hydrogen (secondary N) is 1. The summed E-state index contributed by atoms with van der Waals surface area (Å²) >= 11 is 5.81. The zero-order valence-corrected chi connectivity index (χ0v) is 10.1. The summed E-state index contributed by atoms with van der Waals surface area (Å²) in [5, 5.41) is 13.0. The number of anilines is 1. The highest BCUT2D eigenvalue weighted by atomic mass is 35.5. The number of hydrogen-bond acceptors (Lipinski definition) is 2. The second kappa shape index (κ2) is 5.71. The zero-order valence-electron chi connectivity index (χ0n) is 9.36. The molecule has 2 N–H and O–H groups in total. The maximum atomic E-state index is 8.93. The van der Waals surface area contributed by atoms with Crippen LogP contribution in [-0.2, 0) is 13.2 Å². The molecule has 0 aliphatic carbocycles. The molecule has 17 heavy (non-hydrogen) atoms. The standard InChI is InChI=1S/C14H14ClNO/c15-13-5-7-14(8-6-13)16-9-11-1-3-12(10-17)4-2-11/h1-8,16-17H,9-10H2. The van der Waals surface area contributed by atoms with Gasteiger partial charge in [0.2, 0.25) is 0 Å². The van der Waals surface area contributed by atoms with Gasteiger partial charge in [-0.05, 0) is 35.4 Å². The van der Waals surface area contributed by atoms with Gasteiger partial charge in [0.1, 0.15) is 0 Å². The molecule has 2 aromatic carbocycles. The lowest BCUT2D eigenvalue weighted by molar-refractivity contribution is 0.282. The Hall–Kier alpha value is -1.51. The van der Waals surface area contributed by atoms with Crippen LogP contribution >= 0.6 is 11.6 Å². The molecule has 0 radical (unpaired) electrons. The molecule has 0 aliphatic rings. The molecule has 0 fully saturated rings. The van der Waals surface area contributed by atoms with Crippen LogP contribution in [0.4, 0.5) is 5.69 Å². The van der Waals surface area contributed by atoms with Gasteiger partial charge in [-0.3, -0.25) is 0 Å². The van der Waals surface area contributed by atoms with E-state index in [-0.39, 0.29) is 6.61 Å². The van der Waals surface area contributed by atoms with Crippen molar-refractivity contribution in [3.05, 3.63) is 64.7 Å². The summed E-state index contributed by atoms with van der Waals surface area (Å²) in [7, 11) is 0. The molecule has 2 rings (SSSR count). The normalized spacial score (nSPS) is 10.2. The zero-order chi connectivity index (χ0) is 12.1. The first kappa shape index (κ1) is 12.0. The van der Waals surface area contributed by atoms with Crippen molar-refractivity contribution in [1.29, 1.82) is 0 Å². The summed E-state index contributed by atoms with van der Waals surface area (Å²) in [5.41, 5.74) is 3.15. The molecule has 0 saturated carbocycles. The predicted octanol–water partition coefficient (Wildman–Crippen LogP) is 3.44. The average Bonchev–Trinajstić information content (AvgIpc) is 2.39. The van der Waals surface area contributed by atoms with E-state index in [9.17, 15) is 0 Å². The van der Waals surface area contributed by atoms with Crippen LogP contribution in [0.25, 0.3) is 0 Å². The van der Waals surface area contributed by atoms with Crippen molar-refractivity contribution >= 4 is 17.3 Å². The molecule has 0 amide bonds. The first-order chi connectivity index (χ1) is 8.28. The number of aliphatic hydroxyl groups is 1. The predicted molar refractivity (Wildman–Crippen MR) is 71.1 cm³/mol. The van der Waals surface area contributed by atoms with Crippen LogP contribution in [0.3, 0.4) is 0 Å². The number of aliphatic hydroxyl groups excluding tert-OH is 1. The molecule has 0 aliphatic heterocycles. The van der Waals surface area contributed by atoms with E-state index in [1.807, 2.05) is 48.5 Å². The van der Waals surface area contributed by atoms with Crippen LogP contribution in [0.5, 0.6) is 0 Å². The molecule has 0 bridgehead atoms. The van der Waals surface area contributed by atoms with Crippen molar-refractivity contribution in [2.24, 2.45) is 0 Å². The molecule has 2 aromatic rings. The Morgan fingerprint density at radius 3 is 2.06 bits per heavy atom. The smallest absolute Gasteiger partial charge is 0.0681 e. The van der Waals surface area contributed by atoms with Crippen molar-refractivity contribution in [3.8, 4) is 0 Å². The fourth-order valence-electron chi connectivity index (χ4n) is 1.53. The van der Waals surface area contributed by atoms with E-state index in [0.29, 0.717) is 0 Å². The molecule has 0 aromatic heterocycles. The van der Waals surface area contributed by atoms with Crippen LogP contribution in [0.1, 0.15) is 11.1 Å². The Kier molecular flexibility index (Phi) is 4.02. The highest BCUT2D eigenvalue weighted by Gasteiger charge is 1.95. The second-order valence-corrected chi connectivity index (χ2v) is 4.27. The topological polar surface area (TPSA) is 32.3 Å². The average molecular weight is 248 g/mol. The van der Waals surface area contributed by atoms with E-state index in [0.717, 1.165) is 22.8 Å². The molecule has 3 heteroatoms. The highest BCUT2D eigenvalue weighted by Crippen LogP contribution is 2.14. The van der Waals surface area contributed by atoms with Crippen molar-refractivity contribution in [3.63, 3.8) is 0 Å². The van der Waals surface area contributed by atoms with E-state index < -0.39 is 0 Å². The summed E-state index contributed by atoms with van der Waals surface area (Å²) in [6.45, 7) is 0.845. The van der Waals surface area contributed by atoms with E-state index in [2.05, 4.69) is 5.32 Å². The van der Waals surface area contributed by atoms with Gasteiger partial charge in [0.25, 0.3) is 0 Å². The van der Waals surface area contributed by atoms with Crippen LogP contribution < -0.4 is 5.32 Å². The summed E-state index contributed by atoms with van der Waals surface area (Å²) in [4.78, 5) is 0. The minimum absolute atomic E-state index is 0.0882. The molecule has 0 atom stereocenters. The summed E-state index contributed by atoms with van der Waals surface area (Å²) < 4.78 is 0. The number of benzene rings is 2. The van der Waals surface area contributed by atoms with E-state index in [1.165, 1.54) is 5.56 Å². The molecular formula is C14H14ClNO. The Morgan fingerprint density at radius 2 is 1.47 bits per heavy atom. The van der Waals surface area contributed by atoms with Crippen LogP contribution in [-0.4, -0.2) is 5.11 Å². The third-order valence-corrected chi connectivity index (χ3v) is 2.80. The first-order valence-corrected chi connectivity index (χ1v) is 5.84. The monoisotopic (exact) mass is 247 g/mol. The molecule has 0 spiro atoms. The Labute approximate surface area is 106 Å². The van der Waals surface area contributed by atoms with Gasteiger partial charge in [-0.2, -0.15) is 0 Å². The van der Waals surface area contributed by atoms with Gasteiger partial charge in [0.05, 0.1) is 6.61 Å². The van der Waals surface area contributed by atoms with Crippen molar-refractivity contribution in [2.75, 3.05) is 5.32 Å². The van der Waals surface area contributed by atoms with Gasteiger partial charge in [0.15, 0.2) is 0 Å². The van der Waals surface area contributed by atoms with Crippen LogP contribution in [0.2, 0.25) is 5.02 Å². The Bertz CT molecular complexity index is 465. The highest BCUT2D eigenvalue weighted by molar-refractivity contribution is 6.30. The minimum Gasteiger partial charge on any atom is -0.392 e.